The SMILES string of the molecule is COc1cc2c(ccc3c(CCN)cc(O)c(OC)c32)cc1O. The molecule has 3 aromatic rings. The van der Waals surface area contributed by atoms with Crippen LogP contribution in [-0.2, 0) is 6.42 Å². The van der Waals surface area contributed by atoms with Crippen LogP contribution in [-0.4, -0.2) is 31.0 Å². The van der Waals surface area contributed by atoms with Gasteiger partial charge in [0.15, 0.2) is 23.0 Å². The Bertz CT molecular complexity index is 889. The van der Waals surface area contributed by atoms with E-state index in [2.05, 4.69) is 0 Å². The summed E-state index contributed by atoms with van der Waals surface area (Å²) in [6.07, 6.45) is 0.648. The van der Waals surface area contributed by atoms with Gasteiger partial charge in [0.25, 0.3) is 0 Å². The van der Waals surface area contributed by atoms with Crippen molar-refractivity contribution in [3.63, 3.8) is 0 Å². The van der Waals surface area contributed by atoms with Crippen LogP contribution in [0.1, 0.15) is 5.56 Å². The largest absolute Gasteiger partial charge is 0.504 e. The van der Waals surface area contributed by atoms with Gasteiger partial charge >= 0.3 is 0 Å². The minimum Gasteiger partial charge on any atom is -0.504 e. The zero-order valence-corrected chi connectivity index (χ0v) is 13.1. The van der Waals surface area contributed by atoms with Crippen LogP contribution in [0.2, 0.25) is 0 Å². The summed E-state index contributed by atoms with van der Waals surface area (Å²) in [5.74, 6) is 0.915. The number of ether oxygens (including phenoxy) is 2. The van der Waals surface area contributed by atoms with Crippen LogP contribution in [0.5, 0.6) is 23.0 Å². The summed E-state index contributed by atoms with van der Waals surface area (Å²) in [5.41, 5.74) is 6.64. The molecule has 0 saturated carbocycles. The van der Waals surface area contributed by atoms with Crippen LogP contribution < -0.4 is 15.2 Å². The first-order valence-corrected chi connectivity index (χ1v) is 7.33. The summed E-state index contributed by atoms with van der Waals surface area (Å²) in [5, 5.41) is 23.7. The van der Waals surface area contributed by atoms with Crippen molar-refractivity contribution in [3.8, 4) is 23.0 Å². The van der Waals surface area contributed by atoms with Gasteiger partial charge in [0.2, 0.25) is 0 Å². The molecule has 0 heterocycles. The van der Waals surface area contributed by atoms with Crippen molar-refractivity contribution in [1.29, 1.82) is 0 Å². The highest BCUT2D eigenvalue weighted by Gasteiger charge is 2.16. The summed E-state index contributed by atoms with van der Waals surface area (Å²) in [6, 6.07) is 8.96. The average molecular weight is 313 g/mol. The van der Waals surface area contributed by atoms with Gasteiger partial charge in [-0.2, -0.15) is 0 Å². The monoisotopic (exact) mass is 313 g/mol. The molecule has 5 nitrogen and oxygen atoms in total. The molecule has 120 valence electrons. The number of rotatable bonds is 4. The molecule has 0 unspecified atom stereocenters. The number of hydrogen-bond acceptors (Lipinski definition) is 5. The van der Waals surface area contributed by atoms with Gasteiger partial charge < -0.3 is 25.4 Å². The smallest absolute Gasteiger partial charge is 0.168 e. The van der Waals surface area contributed by atoms with Crippen molar-refractivity contribution in [3.05, 3.63) is 35.9 Å². The number of benzene rings is 3. The zero-order chi connectivity index (χ0) is 16.6. The molecule has 0 aromatic heterocycles. The van der Waals surface area contributed by atoms with E-state index in [9.17, 15) is 10.2 Å². The van der Waals surface area contributed by atoms with E-state index in [4.69, 9.17) is 15.2 Å². The maximum Gasteiger partial charge on any atom is 0.168 e. The lowest BCUT2D eigenvalue weighted by Gasteiger charge is -2.15. The van der Waals surface area contributed by atoms with Crippen molar-refractivity contribution >= 4 is 21.5 Å². The number of nitrogens with two attached hydrogens (primary N) is 1. The van der Waals surface area contributed by atoms with Crippen molar-refractivity contribution in [2.45, 2.75) is 6.42 Å². The second kappa shape index (κ2) is 5.85. The number of methoxy groups -OCH3 is 2. The van der Waals surface area contributed by atoms with Gasteiger partial charge in [-0.1, -0.05) is 12.1 Å². The molecule has 0 saturated heterocycles. The van der Waals surface area contributed by atoms with E-state index in [1.165, 1.54) is 14.2 Å². The van der Waals surface area contributed by atoms with E-state index in [0.29, 0.717) is 24.5 Å². The fourth-order valence-corrected chi connectivity index (χ4v) is 3.02. The van der Waals surface area contributed by atoms with Gasteiger partial charge in [-0.25, -0.2) is 0 Å². The van der Waals surface area contributed by atoms with Gasteiger partial charge in [0.1, 0.15) is 0 Å². The normalized spacial score (nSPS) is 11.1. The number of phenolic OH excluding ortho intramolecular Hbond substituents is 2. The summed E-state index contributed by atoms with van der Waals surface area (Å²) in [7, 11) is 3.02. The van der Waals surface area contributed by atoms with Crippen molar-refractivity contribution in [2.75, 3.05) is 20.8 Å². The molecule has 0 fully saturated rings. The predicted molar refractivity (Wildman–Crippen MR) is 90.6 cm³/mol. The molecule has 0 aliphatic carbocycles. The maximum absolute atomic E-state index is 10.3. The van der Waals surface area contributed by atoms with Crippen LogP contribution >= 0.6 is 0 Å². The summed E-state index contributed by atoms with van der Waals surface area (Å²) < 4.78 is 10.6. The van der Waals surface area contributed by atoms with E-state index in [1.807, 2.05) is 12.1 Å². The van der Waals surface area contributed by atoms with Crippen molar-refractivity contribution < 1.29 is 19.7 Å². The van der Waals surface area contributed by atoms with Crippen molar-refractivity contribution in [2.24, 2.45) is 5.73 Å². The Kier molecular flexibility index (Phi) is 3.88. The maximum atomic E-state index is 10.3. The Morgan fingerprint density at radius 2 is 1.74 bits per heavy atom. The fourth-order valence-electron chi connectivity index (χ4n) is 3.02. The lowest BCUT2D eigenvalue weighted by atomic mass is 9.95. The number of aromatic hydroxyl groups is 2. The minimum absolute atomic E-state index is 0.0700. The standard InChI is InChI=1S/C18H19NO4/c1-22-16-9-13-10(7-14(16)20)3-4-12-11(5-6-19)8-15(21)18(23-2)17(12)13/h3-4,7-9,20-21H,5-6,19H2,1-2H3. The Morgan fingerprint density at radius 1 is 0.957 bits per heavy atom. The highest BCUT2D eigenvalue weighted by molar-refractivity contribution is 6.13. The lowest BCUT2D eigenvalue weighted by Crippen LogP contribution is -2.03. The molecule has 0 amide bonds. The third kappa shape index (κ3) is 2.39. The molecule has 3 aromatic carbocycles. The van der Waals surface area contributed by atoms with Crippen molar-refractivity contribution in [1.82, 2.24) is 0 Å². The molecule has 5 heteroatoms. The van der Waals surface area contributed by atoms with E-state index >= 15 is 0 Å². The van der Waals surface area contributed by atoms with Crippen LogP contribution in [0.25, 0.3) is 21.5 Å². The number of hydrogen-bond donors (Lipinski definition) is 3. The first-order chi connectivity index (χ1) is 11.1. The molecule has 0 bridgehead atoms. The molecule has 0 aliphatic heterocycles. The highest BCUT2D eigenvalue weighted by atomic mass is 16.5. The predicted octanol–water partition coefficient (Wildman–Crippen LogP) is 2.92. The average Bonchev–Trinajstić information content (AvgIpc) is 2.54. The second-order valence-corrected chi connectivity index (χ2v) is 5.36. The third-order valence-corrected chi connectivity index (χ3v) is 4.05. The molecular formula is C18H19NO4. The lowest BCUT2D eigenvalue weighted by molar-refractivity contribution is 0.374. The van der Waals surface area contributed by atoms with Gasteiger partial charge in [-0.3, -0.25) is 0 Å². The molecule has 3 rings (SSSR count). The minimum atomic E-state index is 0.0700. The Hall–Kier alpha value is -2.66. The number of fused-ring (bicyclic) bond motifs is 3. The van der Waals surface area contributed by atoms with E-state index in [0.717, 1.165) is 27.1 Å². The van der Waals surface area contributed by atoms with E-state index < -0.39 is 0 Å². The van der Waals surface area contributed by atoms with Gasteiger partial charge in [0.05, 0.1) is 14.2 Å². The molecule has 0 spiro atoms. The topological polar surface area (TPSA) is 84.9 Å². The first kappa shape index (κ1) is 15.2. The van der Waals surface area contributed by atoms with Gasteiger partial charge in [-0.05, 0) is 52.9 Å². The van der Waals surface area contributed by atoms with Crippen LogP contribution in [0.4, 0.5) is 0 Å². The highest BCUT2D eigenvalue weighted by Crippen LogP contribution is 2.43. The van der Waals surface area contributed by atoms with E-state index in [-0.39, 0.29) is 11.5 Å². The summed E-state index contributed by atoms with van der Waals surface area (Å²) in [6.45, 7) is 0.484. The summed E-state index contributed by atoms with van der Waals surface area (Å²) in [4.78, 5) is 0. The quantitative estimate of drug-likeness (QED) is 0.645. The Labute approximate surface area is 133 Å². The first-order valence-electron chi connectivity index (χ1n) is 7.33. The van der Waals surface area contributed by atoms with Crippen LogP contribution in [0.3, 0.4) is 0 Å². The second-order valence-electron chi connectivity index (χ2n) is 5.36. The Balaban J connectivity index is 2.50. The fraction of sp³-hybridized carbons (Fsp3) is 0.222. The van der Waals surface area contributed by atoms with Crippen LogP contribution in [0.15, 0.2) is 30.3 Å². The number of phenols is 2. The van der Waals surface area contributed by atoms with E-state index in [1.54, 1.807) is 18.2 Å². The van der Waals surface area contributed by atoms with Gasteiger partial charge in [-0.15, -0.1) is 0 Å². The summed E-state index contributed by atoms with van der Waals surface area (Å²) >= 11 is 0. The third-order valence-electron chi connectivity index (χ3n) is 4.05. The molecule has 0 atom stereocenters. The molecule has 23 heavy (non-hydrogen) atoms. The zero-order valence-electron chi connectivity index (χ0n) is 13.1. The molecule has 4 N–H and O–H groups in total. The Morgan fingerprint density at radius 3 is 2.39 bits per heavy atom. The molecular weight excluding hydrogens is 294 g/mol. The van der Waals surface area contributed by atoms with Crippen LogP contribution in [0, 0.1) is 0 Å². The van der Waals surface area contributed by atoms with Gasteiger partial charge in [0, 0.05) is 5.39 Å². The molecule has 0 radical (unpaired) electrons. The molecule has 0 aliphatic rings.